The number of nitrogens with one attached hydrogen (secondary N) is 1. The van der Waals surface area contributed by atoms with Gasteiger partial charge in [-0.25, -0.2) is 4.79 Å². The molecule has 0 aliphatic carbocycles. The highest BCUT2D eigenvalue weighted by molar-refractivity contribution is 9.10. The third kappa shape index (κ3) is 7.22. The molecule has 3 rings (SSSR count). The van der Waals surface area contributed by atoms with Gasteiger partial charge in [-0.3, -0.25) is 4.79 Å². The Balaban J connectivity index is 1.67. The number of amides is 1. The maximum absolute atomic E-state index is 12.4. The van der Waals surface area contributed by atoms with Gasteiger partial charge in [0.05, 0.1) is 11.6 Å². The van der Waals surface area contributed by atoms with E-state index in [1.54, 1.807) is 25.3 Å². The highest BCUT2D eigenvalue weighted by Crippen LogP contribution is 2.37. The molecule has 0 saturated heterocycles. The van der Waals surface area contributed by atoms with E-state index in [2.05, 4.69) is 27.3 Å². The van der Waals surface area contributed by atoms with Crippen molar-refractivity contribution in [1.29, 1.82) is 0 Å². The predicted molar refractivity (Wildman–Crippen MR) is 135 cm³/mol. The average molecular weight is 524 g/mol. The van der Waals surface area contributed by atoms with Crippen molar-refractivity contribution >= 4 is 33.9 Å². The topological polar surface area (TPSA) is 84.9 Å². The molecule has 2 N–H and O–H groups in total. The van der Waals surface area contributed by atoms with E-state index in [0.717, 1.165) is 16.7 Å². The lowest BCUT2D eigenvalue weighted by Gasteiger charge is -2.14. The van der Waals surface area contributed by atoms with Crippen LogP contribution in [0.15, 0.2) is 77.3 Å². The number of carbonyl (C=O) groups is 2. The van der Waals surface area contributed by atoms with Crippen molar-refractivity contribution in [3.8, 4) is 11.5 Å². The summed E-state index contributed by atoms with van der Waals surface area (Å²) in [5.74, 6) is -0.530. The summed E-state index contributed by atoms with van der Waals surface area (Å²) in [6.07, 6.45) is 3.09. The first kappa shape index (κ1) is 25.1. The van der Waals surface area contributed by atoms with Crippen LogP contribution in [0.2, 0.25) is 0 Å². The van der Waals surface area contributed by atoms with Gasteiger partial charge in [-0.2, -0.15) is 0 Å². The third-order valence-electron chi connectivity index (χ3n) is 5.04. The summed E-state index contributed by atoms with van der Waals surface area (Å²) in [6, 6.07) is 19.7. The first-order valence-corrected chi connectivity index (χ1v) is 11.5. The molecule has 0 aromatic heterocycles. The lowest BCUT2D eigenvalue weighted by Crippen LogP contribution is -2.41. The first-order chi connectivity index (χ1) is 16.4. The maximum atomic E-state index is 12.4. The second-order valence-corrected chi connectivity index (χ2v) is 8.59. The second kappa shape index (κ2) is 12.0. The fraction of sp³-hybridized carbons (Fsp3) is 0.185. The molecule has 0 spiro atoms. The van der Waals surface area contributed by atoms with Crippen molar-refractivity contribution < 1.29 is 24.2 Å². The Kier molecular flexibility index (Phi) is 8.87. The van der Waals surface area contributed by atoms with Crippen LogP contribution >= 0.6 is 15.9 Å². The number of hydrogen-bond donors (Lipinski definition) is 2. The Labute approximate surface area is 207 Å². The van der Waals surface area contributed by atoms with Crippen LogP contribution in [0.4, 0.5) is 0 Å². The molecular formula is C27H26BrNO5. The zero-order valence-corrected chi connectivity index (χ0v) is 20.5. The second-order valence-electron chi connectivity index (χ2n) is 7.73. The molecule has 0 aliphatic heterocycles. The number of aryl methyl sites for hydroxylation is 1. The number of benzene rings is 3. The quantitative estimate of drug-likeness (QED) is 0.358. The number of methoxy groups -OCH3 is 1. The number of carboxylic acid groups (broad SMARTS) is 1. The maximum Gasteiger partial charge on any atom is 0.326 e. The van der Waals surface area contributed by atoms with Gasteiger partial charge in [0, 0.05) is 12.5 Å². The van der Waals surface area contributed by atoms with E-state index in [9.17, 15) is 14.7 Å². The molecule has 3 aromatic rings. The Morgan fingerprint density at radius 2 is 1.79 bits per heavy atom. The molecule has 176 valence electrons. The summed E-state index contributed by atoms with van der Waals surface area (Å²) in [7, 11) is 1.54. The Morgan fingerprint density at radius 1 is 1.06 bits per heavy atom. The molecule has 0 saturated carbocycles. The van der Waals surface area contributed by atoms with Crippen molar-refractivity contribution in [3.63, 3.8) is 0 Å². The molecule has 0 radical (unpaired) electrons. The normalized spacial score (nSPS) is 11.7. The summed E-state index contributed by atoms with van der Waals surface area (Å²) in [4.78, 5) is 24.0. The van der Waals surface area contributed by atoms with Gasteiger partial charge < -0.3 is 19.9 Å². The van der Waals surface area contributed by atoms with E-state index >= 15 is 0 Å². The third-order valence-corrected chi connectivity index (χ3v) is 5.63. The lowest BCUT2D eigenvalue weighted by molar-refractivity contribution is -0.141. The van der Waals surface area contributed by atoms with Crippen LogP contribution in [0.5, 0.6) is 11.5 Å². The predicted octanol–water partition coefficient (Wildman–Crippen LogP) is 5.17. The van der Waals surface area contributed by atoms with Crippen LogP contribution in [0, 0.1) is 6.92 Å². The monoisotopic (exact) mass is 523 g/mol. The molecule has 7 heteroatoms. The molecule has 34 heavy (non-hydrogen) atoms. The van der Waals surface area contributed by atoms with Gasteiger partial charge in [-0.05, 0) is 57.8 Å². The first-order valence-electron chi connectivity index (χ1n) is 10.7. The largest absolute Gasteiger partial charge is 0.493 e. The summed E-state index contributed by atoms with van der Waals surface area (Å²) in [6.45, 7) is 2.41. The van der Waals surface area contributed by atoms with Gasteiger partial charge in [0.25, 0.3) is 0 Å². The van der Waals surface area contributed by atoms with E-state index in [1.807, 2.05) is 55.5 Å². The molecule has 0 heterocycles. The Morgan fingerprint density at radius 3 is 2.47 bits per heavy atom. The van der Waals surface area contributed by atoms with Crippen molar-refractivity contribution in [2.45, 2.75) is 26.0 Å². The van der Waals surface area contributed by atoms with Crippen molar-refractivity contribution in [2.75, 3.05) is 7.11 Å². The molecular weight excluding hydrogens is 498 g/mol. The SMILES string of the molecule is COc1cc(/C=C/C(=O)N[C@@H](Cc2ccccc2)C(=O)O)cc(Br)c1OCc1cccc(C)c1. The van der Waals surface area contributed by atoms with E-state index in [4.69, 9.17) is 9.47 Å². The number of ether oxygens (including phenoxy) is 2. The lowest BCUT2D eigenvalue weighted by atomic mass is 10.1. The van der Waals surface area contributed by atoms with Crippen molar-refractivity contribution in [2.24, 2.45) is 0 Å². The van der Waals surface area contributed by atoms with Gasteiger partial charge in [-0.1, -0.05) is 60.2 Å². The highest BCUT2D eigenvalue weighted by Gasteiger charge is 2.19. The van der Waals surface area contributed by atoms with Gasteiger partial charge in [0.15, 0.2) is 11.5 Å². The minimum atomic E-state index is -1.09. The number of hydrogen-bond acceptors (Lipinski definition) is 4. The van der Waals surface area contributed by atoms with Crippen LogP contribution in [0.3, 0.4) is 0 Å². The summed E-state index contributed by atoms with van der Waals surface area (Å²) < 4.78 is 12.1. The van der Waals surface area contributed by atoms with Crippen LogP contribution < -0.4 is 14.8 Å². The van der Waals surface area contributed by atoms with Crippen LogP contribution in [-0.4, -0.2) is 30.1 Å². The molecule has 1 atom stereocenters. The van der Waals surface area contributed by atoms with Crippen LogP contribution in [0.1, 0.15) is 22.3 Å². The van der Waals surface area contributed by atoms with Crippen LogP contribution in [-0.2, 0) is 22.6 Å². The molecule has 0 unspecified atom stereocenters. The molecule has 0 bridgehead atoms. The summed E-state index contributed by atoms with van der Waals surface area (Å²) in [5.41, 5.74) is 3.71. The number of carbonyl (C=O) groups excluding carboxylic acids is 1. The van der Waals surface area contributed by atoms with Gasteiger partial charge in [0.2, 0.25) is 5.91 Å². The fourth-order valence-electron chi connectivity index (χ4n) is 3.38. The van der Waals surface area contributed by atoms with E-state index in [1.165, 1.54) is 6.08 Å². The van der Waals surface area contributed by atoms with Gasteiger partial charge >= 0.3 is 5.97 Å². The molecule has 1 amide bonds. The average Bonchev–Trinajstić information content (AvgIpc) is 2.82. The molecule has 0 aliphatic rings. The van der Waals surface area contributed by atoms with E-state index in [-0.39, 0.29) is 6.42 Å². The van der Waals surface area contributed by atoms with Gasteiger partial charge in [-0.15, -0.1) is 0 Å². The van der Waals surface area contributed by atoms with Crippen molar-refractivity contribution in [3.05, 3.63) is 99.5 Å². The molecule has 6 nitrogen and oxygen atoms in total. The zero-order valence-electron chi connectivity index (χ0n) is 19.0. The van der Waals surface area contributed by atoms with E-state index in [0.29, 0.717) is 28.1 Å². The fourth-order valence-corrected chi connectivity index (χ4v) is 3.95. The Bertz CT molecular complexity index is 1180. The van der Waals surface area contributed by atoms with Gasteiger partial charge in [0.1, 0.15) is 12.6 Å². The number of carboxylic acids is 1. The summed E-state index contributed by atoms with van der Waals surface area (Å²) >= 11 is 3.51. The number of rotatable bonds is 10. The standard InChI is InChI=1S/C27H26BrNO5/c1-18-7-6-10-21(13-18)17-34-26-22(28)14-20(16-24(26)33-2)11-12-25(30)29-23(27(31)32)15-19-8-4-3-5-9-19/h3-14,16,23H,15,17H2,1-2H3,(H,29,30)(H,31,32)/b12-11+/t23-/m0/s1. The molecule has 0 fully saturated rings. The van der Waals surface area contributed by atoms with E-state index < -0.39 is 17.9 Å². The molecule has 3 aromatic carbocycles. The minimum absolute atomic E-state index is 0.197. The smallest absolute Gasteiger partial charge is 0.326 e. The number of aliphatic carboxylic acids is 1. The highest BCUT2D eigenvalue weighted by atomic mass is 79.9. The number of halogens is 1. The zero-order chi connectivity index (χ0) is 24.5. The minimum Gasteiger partial charge on any atom is -0.493 e. The van der Waals surface area contributed by atoms with Crippen LogP contribution in [0.25, 0.3) is 6.08 Å². The summed E-state index contributed by atoms with van der Waals surface area (Å²) in [5, 5.41) is 12.0. The Hall–Kier alpha value is -3.58. The van der Waals surface area contributed by atoms with Crippen molar-refractivity contribution in [1.82, 2.24) is 5.32 Å².